The summed E-state index contributed by atoms with van der Waals surface area (Å²) in [5.74, 6) is 0.254. The van der Waals surface area contributed by atoms with Crippen molar-refractivity contribution in [3.8, 4) is 0 Å². The fourth-order valence-corrected chi connectivity index (χ4v) is 2.46. The van der Waals surface area contributed by atoms with E-state index in [0.29, 0.717) is 0 Å². The predicted octanol–water partition coefficient (Wildman–Crippen LogP) is 1.84. The van der Waals surface area contributed by atoms with Crippen LogP contribution in [0, 0.1) is 0 Å². The lowest BCUT2D eigenvalue weighted by Crippen LogP contribution is -2.13. The molecule has 18 heavy (non-hydrogen) atoms. The SMILES string of the molecule is CCc1ccc(S(=O)(=O)Nc2ccncn2)cc1. The Hall–Kier alpha value is -1.95. The van der Waals surface area contributed by atoms with Crippen molar-refractivity contribution in [3.63, 3.8) is 0 Å². The molecule has 0 atom stereocenters. The van der Waals surface area contributed by atoms with Crippen LogP contribution in [0.2, 0.25) is 0 Å². The third-order valence-corrected chi connectivity index (χ3v) is 3.83. The van der Waals surface area contributed by atoms with Gasteiger partial charge in [-0.15, -0.1) is 0 Å². The number of anilines is 1. The molecule has 2 aromatic rings. The van der Waals surface area contributed by atoms with Crippen LogP contribution in [0.15, 0.2) is 47.8 Å². The fourth-order valence-electron chi connectivity index (χ4n) is 1.45. The first kappa shape index (κ1) is 12.5. The smallest absolute Gasteiger partial charge is 0.263 e. The third kappa shape index (κ3) is 2.84. The molecule has 0 aliphatic rings. The molecule has 0 spiro atoms. The average Bonchev–Trinajstić information content (AvgIpc) is 2.39. The summed E-state index contributed by atoms with van der Waals surface area (Å²) in [5.41, 5.74) is 1.09. The maximum absolute atomic E-state index is 12.0. The molecule has 6 heteroatoms. The van der Waals surface area contributed by atoms with E-state index in [1.54, 1.807) is 24.3 Å². The van der Waals surface area contributed by atoms with Gasteiger partial charge < -0.3 is 0 Å². The summed E-state index contributed by atoms with van der Waals surface area (Å²) in [6, 6.07) is 8.27. The van der Waals surface area contributed by atoms with Gasteiger partial charge in [0.05, 0.1) is 4.90 Å². The maximum atomic E-state index is 12.0. The number of hydrogen-bond donors (Lipinski definition) is 1. The molecule has 1 aromatic heterocycles. The molecular weight excluding hydrogens is 250 g/mol. The summed E-state index contributed by atoms with van der Waals surface area (Å²) in [6.07, 6.45) is 3.64. The van der Waals surface area contributed by atoms with Crippen LogP contribution >= 0.6 is 0 Å². The van der Waals surface area contributed by atoms with Gasteiger partial charge in [0.2, 0.25) is 0 Å². The Bertz CT molecular complexity index is 610. The Kier molecular flexibility index (Phi) is 3.57. The Morgan fingerprint density at radius 1 is 1.17 bits per heavy atom. The third-order valence-electron chi connectivity index (χ3n) is 2.46. The summed E-state index contributed by atoms with van der Waals surface area (Å²) >= 11 is 0. The van der Waals surface area contributed by atoms with Gasteiger partial charge in [-0.05, 0) is 30.2 Å². The number of nitrogens with zero attached hydrogens (tertiary/aromatic N) is 2. The quantitative estimate of drug-likeness (QED) is 0.913. The monoisotopic (exact) mass is 263 g/mol. The van der Waals surface area contributed by atoms with Crippen molar-refractivity contribution in [1.29, 1.82) is 0 Å². The van der Waals surface area contributed by atoms with Crippen LogP contribution in [-0.2, 0) is 16.4 Å². The first-order valence-corrected chi connectivity index (χ1v) is 6.98. The summed E-state index contributed by atoms with van der Waals surface area (Å²) in [7, 11) is -3.58. The minimum Gasteiger partial charge on any atom is -0.263 e. The minimum absolute atomic E-state index is 0.221. The van der Waals surface area contributed by atoms with Crippen molar-refractivity contribution < 1.29 is 8.42 Å². The second-order valence-electron chi connectivity index (χ2n) is 3.70. The molecule has 1 heterocycles. The molecule has 0 saturated carbocycles. The highest BCUT2D eigenvalue weighted by molar-refractivity contribution is 7.92. The summed E-state index contributed by atoms with van der Waals surface area (Å²) in [5, 5.41) is 0. The Balaban J connectivity index is 2.25. The number of hydrogen-bond acceptors (Lipinski definition) is 4. The predicted molar refractivity (Wildman–Crippen MR) is 68.7 cm³/mol. The van der Waals surface area contributed by atoms with E-state index in [0.717, 1.165) is 12.0 Å². The Morgan fingerprint density at radius 3 is 2.44 bits per heavy atom. The van der Waals surface area contributed by atoms with Gasteiger partial charge in [-0.2, -0.15) is 0 Å². The maximum Gasteiger partial charge on any atom is 0.263 e. The second-order valence-corrected chi connectivity index (χ2v) is 5.38. The molecule has 5 nitrogen and oxygen atoms in total. The standard InChI is InChI=1S/C12H13N3O2S/c1-2-10-3-5-11(6-4-10)18(16,17)15-12-7-8-13-9-14-12/h3-9H,2H2,1H3,(H,13,14,15). The first-order valence-electron chi connectivity index (χ1n) is 5.49. The van der Waals surface area contributed by atoms with E-state index >= 15 is 0 Å². The van der Waals surface area contributed by atoms with Crippen LogP contribution < -0.4 is 4.72 Å². The molecule has 0 radical (unpaired) electrons. The van der Waals surface area contributed by atoms with Gasteiger partial charge in [-0.25, -0.2) is 18.4 Å². The molecule has 94 valence electrons. The van der Waals surface area contributed by atoms with Gasteiger partial charge in [-0.3, -0.25) is 4.72 Å². The molecule has 0 aliphatic heterocycles. The Labute approximate surface area is 106 Å². The molecule has 0 saturated heterocycles. The van der Waals surface area contributed by atoms with Crippen LogP contribution in [0.5, 0.6) is 0 Å². The van der Waals surface area contributed by atoms with E-state index in [1.807, 2.05) is 6.92 Å². The van der Waals surface area contributed by atoms with Crippen LogP contribution in [-0.4, -0.2) is 18.4 Å². The minimum atomic E-state index is -3.58. The number of aromatic nitrogens is 2. The highest BCUT2D eigenvalue weighted by atomic mass is 32.2. The zero-order valence-corrected chi connectivity index (χ0v) is 10.7. The van der Waals surface area contributed by atoms with Crippen molar-refractivity contribution in [3.05, 3.63) is 48.4 Å². The van der Waals surface area contributed by atoms with Crippen molar-refractivity contribution in [1.82, 2.24) is 9.97 Å². The summed E-state index contributed by atoms with van der Waals surface area (Å²) in [6.45, 7) is 2.02. The number of sulfonamides is 1. The van der Waals surface area contributed by atoms with Crippen molar-refractivity contribution in [2.24, 2.45) is 0 Å². The van der Waals surface area contributed by atoms with E-state index in [-0.39, 0.29) is 10.7 Å². The van der Waals surface area contributed by atoms with Crippen LogP contribution in [0.1, 0.15) is 12.5 Å². The van der Waals surface area contributed by atoms with E-state index in [4.69, 9.17) is 0 Å². The lowest BCUT2D eigenvalue weighted by molar-refractivity contribution is 0.601. The van der Waals surface area contributed by atoms with Gasteiger partial charge in [-0.1, -0.05) is 19.1 Å². The molecule has 0 bridgehead atoms. The van der Waals surface area contributed by atoms with Crippen LogP contribution in [0.4, 0.5) is 5.82 Å². The normalized spacial score (nSPS) is 11.2. The van der Waals surface area contributed by atoms with Crippen LogP contribution in [0.25, 0.3) is 0 Å². The zero-order valence-electron chi connectivity index (χ0n) is 9.87. The van der Waals surface area contributed by atoms with Gasteiger partial charge in [0, 0.05) is 6.20 Å². The second kappa shape index (κ2) is 5.14. The topological polar surface area (TPSA) is 72.0 Å². The highest BCUT2D eigenvalue weighted by Crippen LogP contribution is 2.14. The van der Waals surface area contributed by atoms with Crippen molar-refractivity contribution >= 4 is 15.8 Å². The van der Waals surface area contributed by atoms with Gasteiger partial charge in [0.15, 0.2) is 0 Å². The van der Waals surface area contributed by atoms with Gasteiger partial charge in [0.25, 0.3) is 10.0 Å². The van der Waals surface area contributed by atoms with E-state index in [2.05, 4.69) is 14.7 Å². The molecule has 0 aliphatic carbocycles. The molecule has 2 rings (SSSR count). The number of nitrogens with one attached hydrogen (secondary N) is 1. The van der Waals surface area contributed by atoms with Gasteiger partial charge >= 0.3 is 0 Å². The summed E-state index contributed by atoms with van der Waals surface area (Å²) in [4.78, 5) is 7.77. The molecule has 1 aromatic carbocycles. The van der Waals surface area contributed by atoms with E-state index in [1.165, 1.54) is 18.6 Å². The van der Waals surface area contributed by atoms with Crippen molar-refractivity contribution in [2.45, 2.75) is 18.2 Å². The molecule has 0 fully saturated rings. The molecule has 1 N–H and O–H groups in total. The number of aryl methyl sites for hydroxylation is 1. The van der Waals surface area contributed by atoms with E-state index in [9.17, 15) is 8.42 Å². The fraction of sp³-hybridized carbons (Fsp3) is 0.167. The average molecular weight is 263 g/mol. The number of rotatable bonds is 4. The molecule has 0 amide bonds. The lowest BCUT2D eigenvalue weighted by atomic mass is 10.2. The van der Waals surface area contributed by atoms with Crippen LogP contribution in [0.3, 0.4) is 0 Å². The largest absolute Gasteiger partial charge is 0.263 e. The van der Waals surface area contributed by atoms with Crippen molar-refractivity contribution in [2.75, 3.05) is 4.72 Å². The summed E-state index contributed by atoms with van der Waals surface area (Å²) < 4.78 is 26.5. The molecular formula is C12H13N3O2S. The number of benzene rings is 1. The zero-order chi connectivity index (χ0) is 13.0. The van der Waals surface area contributed by atoms with Gasteiger partial charge in [0.1, 0.15) is 12.1 Å². The highest BCUT2D eigenvalue weighted by Gasteiger charge is 2.14. The first-order chi connectivity index (χ1) is 8.62. The Morgan fingerprint density at radius 2 is 1.89 bits per heavy atom. The lowest BCUT2D eigenvalue weighted by Gasteiger charge is -2.07. The van der Waals surface area contributed by atoms with E-state index < -0.39 is 10.0 Å². The molecule has 0 unspecified atom stereocenters.